The third-order valence-electron chi connectivity index (χ3n) is 6.76. The van der Waals surface area contributed by atoms with Gasteiger partial charge in [-0.25, -0.2) is 15.0 Å². The molecular weight excluding hydrogens is 430 g/mol. The fraction of sp³-hybridized carbons (Fsp3) is 0.423. The maximum absolute atomic E-state index is 6.24. The molecule has 1 saturated heterocycles. The highest BCUT2D eigenvalue weighted by Crippen LogP contribution is 2.44. The fourth-order valence-electron chi connectivity index (χ4n) is 5.08. The molecule has 0 bridgehead atoms. The van der Waals surface area contributed by atoms with Crippen molar-refractivity contribution in [1.29, 1.82) is 0 Å². The van der Waals surface area contributed by atoms with E-state index in [4.69, 9.17) is 14.7 Å². The first-order valence-corrected chi connectivity index (χ1v) is 12.7. The molecular formula is C26H29N5OS. The smallest absolute Gasteiger partial charge is 0.147 e. The molecule has 2 aliphatic heterocycles. The first-order valence-electron chi connectivity index (χ1n) is 11.8. The number of rotatable bonds is 5. The molecule has 1 fully saturated rings. The lowest BCUT2D eigenvalue weighted by Gasteiger charge is -2.34. The summed E-state index contributed by atoms with van der Waals surface area (Å²) in [5, 5.41) is 4.75. The third-order valence-corrected chi connectivity index (χ3v) is 7.84. The topological polar surface area (TPSA) is 63.2 Å². The number of anilines is 2. The van der Waals surface area contributed by atoms with Gasteiger partial charge >= 0.3 is 0 Å². The summed E-state index contributed by atoms with van der Waals surface area (Å²) in [5.41, 5.74) is 4.75. The summed E-state index contributed by atoms with van der Waals surface area (Å²) in [7, 11) is 0. The Labute approximate surface area is 198 Å². The molecule has 6 rings (SSSR count). The average Bonchev–Trinajstić information content (AvgIpc) is 3.47. The van der Waals surface area contributed by atoms with Gasteiger partial charge in [-0.15, -0.1) is 11.3 Å². The van der Waals surface area contributed by atoms with Crippen LogP contribution >= 0.6 is 11.3 Å². The molecule has 0 amide bonds. The van der Waals surface area contributed by atoms with Gasteiger partial charge < -0.3 is 15.0 Å². The molecule has 5 heterocycles. The number of aromatic nitrogens is 3. The summed E-state index contributed by atoms with van der Waals surface area (Å²) in [5.74, 6) is 2.02. The maximum atomic E-state index is 6.24. The van der Waals surface area contributed by atoms with E-state index in [2.05, 4.69) is 59.4 Å². The summed E-state index contributed by atoms with van der Waals surface area (Å²) in [4.78, 5) is 18.0. The van der Waals surface area contributed by atoms with E-state index in [-0.39, 0.29) is 5.60 Å². The Morgan fingerprint density at radius 3 is 2.73 bits per heavy atom. The Bertz CT molecular complexity index is 1310. The van der Waals surface area contributed by atoms with Crippen LogP contribution in [-0.2, 0) is 24.2 Å². The highest BCUT2D eigenvalue weighted by molar-refractivity contribution is 7.26. The number of pyridine rings is 1. The van der Waals surface area contributed by atoms with Crippen LogP contribution in [0.25, 0.3) is 20.4 Å². The molecule has 4 aromatic rings. The van der Waals surface area contributed by atoms with E-state index < -0.39 is 0 Å². The van der Waals surface area contributed by atoms with E-state index in [9.17, 15) is 0 Å². The molecule has 170 valence electrons. The Kier molecular flexibility index (Phi) is 5.18. The van der Waals surface area contributed by atoms with Crippen LogP contribution in [0.15, 0.2) is 36.7 Å². The van der Waals surface area contributed by atoms with Crippen molar-refractivity contribution in [3.05, 3.63) is 53.3 Å². The van der Waals surface area contributed by atoms with Crippen LogP contribution < -0.4 is 10.2 Å². The molecule has 0 spiro atoms. The minimum absolute atomic E-state index is 0.193. The SMILES string of the molecule is CC1(C)Cc2c(c(N3CCCC3)nc3sc4c(NCCc5ccccc5)ncnc4c23)CO1. The normalized spacial score (nSPS) is 17.6. The van der Waals surface area contributed by atoms with Gasteiger partial charge in [0.1, 0.15) is 22.8 Å². The lowest BCUT2D eigenvalue weighted by molar-refractivity contribution is -0.0395. The van der Waals surface area contributed by atoms with Gasteiger partial charge in [-0.1, -0.05) is 30.3 Å². The third kappa shape index (κ3) is 3.83. The van der Waals surface area contributed by atoms with Gasteiger partial charge in [-0.05, 0) is 44.2 Å². The lowest BCUT2D eigenvalue weighted by atomic mass is 9.90. The molecule has 0 aliphatic carbocycles. The molecule has 1 aromatic carbocycles. The summed E-state index contributed by atoms with van der Waals surface area (Å²) >= 11 is 1.71. The Hall–Kier alpha value is -2.77. The zero-order chi connectivity index (χ0) is 22.4. The quantitative estimate of drug-likeness (QED) is 0.434. The van der Waals surface area contributed by atoms with Gasteiger partial charge in [0.15, 0.2) is 0 Å². The first-order chi connectivity index (χ1) is 16.1. The van der Waals surface area contributed by atoms with Crippen molar-refractivity contribution in [2.24, 2.45) is 0 Å². The number of nitrogens with zero attached hydrogens (tertiary/aromatic N) is 4. The monoisotopic (exact) mass is 459 g/mol. The number of thiophene rings is 1. The van der Waals surface area contributed by atoms with Crippen LogP contribution in [0.1, 0.15) is 43.4 Å². The fourth-order valence-corrected chi connectivity index (χ4v) is 6.20. The minimum atomic E-state index is -0.193. The summed E-state index contributed by atoms with van der Waals surface area (Å²) in [6.07, 6.45) is 5.97. The number of hydrogen-bond acceptors (Lipinski definition) is 7. The number of ether oxygens (including phenoxy) is 1. The molecule has 0 atom stereocenters. The zero-order valence-electron chi connectivity index (χ0n) is 19.2. The molecule has 7 heteroatoms. The minimum Gasteiger partial charge on any atom is -0.370 e. The van der Waals surface area contributed by atoms with Crippen LogP contribution in [0.5, 0.6) is 0 Å². The van der Waals surface area contributed by atoms with Crippen molar-refractivity contribution >= 4 is 43.4 Å². The maximum Gasteiger partial charge on any atom is 0.147 e. The van der Waals surface area contributed by atoms with Gasteiger partial charge in [-0.3, -0.25) is 0 Å². The Morgan fingerprint density at radius 2 is 1.91 bits per heavy atom. The van der Waals surface area contributed by atoms with Crippen LogP contribution in [0, 0.1) is 0 Å². The van der Waals surface area contributed by atoms with E-state index in [1.54, 1.807) is 17.7 Å². The van der Waals surface area contributed by atoms with E-state index in [1.165, 1.54) is 34.9 Å². The van der Waals surface area contributed by atoms with Gasteiger partial charge in [0.25, 0.3) is 0 Å². The van der Waals surface area contributed by atoms with E-state index >= 15 is 0 Å². The van der Waals surface area contributed by atoms with Gasteiger partial charge in [0, 0.05) is 37.0 Å². The molecule has 6 nitrogen and oxygen atoms in total. The largest absolute Gasteiger partial charge is 0.370 e. The highest BCUT2D eigenvalue weighted by atomic mass is 32.1. The predicted octanol–water partition coefficient (Wildman–Crippen LogP) is 5.35. The first kappa shape index (κ1) is 20.8. The molecule has 33 heavy (non-hydrogen) atoms. The molecule has 3 aromatic heterocycles. The summed E-state index contributed by atoms with van der Waals surface area (Å²) in [6.45, 7) is 7.95. The predicted molar refractivity (Wildman–Crippen MR) is 135 cm³/mol. The van der Waals surface area contributed by atoms with E-state index in [0.717, 1.165) is 59.2 Å². The molecule has 1 N–H and O–H groups in total. The number of benzene rings is 1. The van der Waals surface area contributed by atoms with E-state index in [0.29, 0.717) is 6.61 Å². The zero-order valence-corrected chi connectivity index (χ0v) is 20.0. The number of nitrogens with one attached hydrogen (secondary N) is 1. The number of fused-ring (bicyclic) bond motifs is 5. The van der Waals surface area contributed by atoms with Crippen LogP contribution in [0.3, 0.4) is 0 Å². The summed E-state index contributed by atoms with van der Waals surface area (Å²) in [6, 6.07) is 10.6. The van der Waals surface area contributed by atoms with Crippen LogP contribution in [0.4, 0.5) is 11.6 Å². The van der Waals surface area contributed by atoms with Crippen molar-refractivity contribution < 1.29 is 4.74 Å². The second-order valence-corrected chi connectivity index (χ2v) is 10.7. The second kappa shape index (κ2) is 8.22. The number of hydrogen-bond donors (Lipinski definition) is 1. The average molecular weight is 460 g/mol. The molecule has 0 saturated carbocycles. The van der Waals surface area contributed by atoms with Gasteiger partial charge in [-0.2, -0.15) is 0 Å². The van der Waals surface area contributed by atoms with Crippen molar-refractivity contribution in [2.75, 3.05) is 29.9 Å². The van der Waals surface area contributed by atoms with Crippen molar-refractivity contribution in [3.63, 3.8) is 0 Å². The second-order valence-electron chi connectivity index (χ2n) is 9.66. The van der Waals surface area contributed by atoms with Gasteiger partial charge in [0.05, 0.1) is 22.4 Å². The van der Waals surface area contributed by atoms with Crippen molar-refractivity contribution in [2.45, 2.75) is 51.7 Å². The Morgan fingerprint density at radius 1 is 1.09 bits per heavy atom. The summed E-state index contributed by atoms with van der Waals surface area (Å²) < 4.78 is 7.34. The van der Waals surface area contributed by atoms with Crippen LogP contribution in [0.2, 0.25) is 0 Å². The van der Waals surface area contributed by atoms with Crippen molar-refractivity contribution in [1.82, 2.24) is 15.0 Å². The van der Waals surface area contributed by atoms with Crippen LogP contribution in [-0.4, -0.2) is 40.2 Å². The molecule has 2 aliphatic rings. The standard InChI is InChI=1S/C26H29N5OS/c1-26(2)14-18-19(15-32-26)24(31-12-6-7-13-31)30-25-20(18)21-22(33-25)23(29-16-28-21)27-11-10-17-8-4-3-5-9-17/h3-5,8-9,16H,6-7,10-15H2,1-2H3,(H,27,28,29). The molecule has 0 radical (unpaired) electrons. The van der Waals surface area contributed by atoms with Crippen molar-refractivity contribution in [3.8, 4) is 0 Å². The Balaban J connectivity index is 1.44. The van der Waals surface area contributed by atoms with E-state index in [1.807, 2.05) is 0 Å². The molecule has 0 unspecified atom stereocenters. The lowest BCUT2D eigenvalue weighted by Crippen LogP contribution is -2.33. The van der Waals surface area contributed by atoms with Gasteiger partial charge in [0.2, 0.25) is 0 Å². The highest BCUT2D eigenvalue weighted by Gasteiger charge is 2.33.